The predicted molar refractivity (Wildman–Crippen MR) is 131 cm³/mol. The van der Waals surface area contributed by atoms with Gasteiger partial charge in [-0.3, -0.25) is 0 Å². The molecule has 0 fully saturated rings. The number of amides is 2. The normalized spacial score (nSPS) is 11.8. The molecule has 4 rings (SSSR count). The second-order valence-electron chi connectivity index (χ2n) is 8.26. The van der Waals surface area contributed by atoms with Crippen LogP contribution in [0.3, 0.4) is 0 Å². The van der Waals surface area contributed by atoms with Crippen LogP contribution < -0.4 is 21.7 Å². The zero-order valence-electron chi connectivity index (χ0n) is 20.0. The number of nitrogens with zero attached hydrogens (tertiary/aromatic N) is 4. The molecule has 16 heteroatoms. The van der Waals surface area contributed by atoms with E-state index in [1.807, 2.05) is 5.32 Å². The molecule has 0 spiro atoms. The lowest BCUT2D eigenvalue weighted by molar-refractivity contribution is -0.137. The molecule has 9 nitrogen and oxygen atoms in total. The second-order valence-corrected chi connectivity index (χ2v) is 8.26. The number of rotatable bonds is 6. The molecule has 2 aromatic carbocycles. The summed E-state index contributed by atoms with van der Waals surface area (Å²) < 4.78 is 91.9. The molecule has 4 aromatic rings. The molecular weight excluding hydrogens is 549 g/mol. The Bertz CT molecular complexity index is 1610. The highest BCUT2D eigenvalue weighted by atomic mass is 19.4. The van der Waals surface area contributed by atoms with Crippen LogP contribution in [0.2, 0.25) is 0 Å². The van der Waals surface area contributed by atoms with E-state index in [0.717, 1.165) is 6.33 Å². The van der Waals surface area contributed by atoms with Gasteiger partial charge in [-0.1, -0.05) is 12.1 Å². The smallest absolute Gasteiger partial charge is 0.382 e. The van der Waals surface area contributed by atoms with Gasteiger partial charge in [-0.15, -0.1) is 0 Å². The second kappa shape index (κ2) is 10.7. The fraction of sp³-hybridized carbons (Fsp3) is 0.167. The topological polar surface area (TPSA) is 114 Å². The van der Waals surface area contributed by atoms with Crippen LogP contribution in [0.5, 0.6) is 0 Å². The number of hydrogen-bond donors (Lipinski definition) is 4. The number of halogens is 7. The number of hydrogen-bond acceptors (Lipinski definition) is 5. The van der Waals surface area contributed by atoms with E-state index in [-0.39, 0.29) is 40.5 Å². The maximum atomic E-state index is 14.0. The third-order valence-electron chi connectivity index (χ3n) is 5.52. The highest BCUT2D eigenvalue weighted by molar-refractivity contribution is 6.01. The lowest BCUT2D eigenvalue weighted by Gasteiger charge is -2.12. The number of alkyl halides is 6. The van der Waals surface area contributed by atoms with Crippen molar-refractivity contribution in [3.63, 3.8) is 0 Å². The number of nitrogens with two attached hydrogens (primary N) is 1. The van der Waals surface area contributed by atoms with E-state index in [0.29, 0.717) is 23.8 Å². The first kappa shape index (κ1) is 28.1. The van der Waals surface area contributed by atoms with Gasteiger partial charge in [0.1, 0.15) is 17.7 Å². The number of nitrogen functional groups attached to an aromatic ring is 1. The Kier molecular flexibility index (Phi) is 7.51. The number of aromatic nitrogens is 3. The van der Waals surface area contributed by atoms with Crippen molar-refractivity contribution in [2.24, 2.45) is 0 Å². The molecule has 5 N–H and O–H groups in total. The molecule has 2 heterocycles. The van der Waals surface area contributed by atoms with E-state index < -0.39 is 42.0 Å². The molecule has 40 heavy (non-hydrogen) atoms. The van der Waals surface area contributed by atoms with Gasteiger partial charge in [-0.2, -0.15) is 31.4 Å². The summed E-state index contributed by atoms with van der Waals surface area (Å²) in [6.45, 7) is 5.99. The molecule has 0 aliphatic heterocycles. The molecule has 0 unspecified atom stereocenters. The van der Waals surface area contributed by atoms with Gasteiger partial charge < -0.3 is 21.7 Å². The Labute approximate surface area is 220 Å². The number of urea groups is 1. The number of carbonyl (C=O) groups excluding carboxylic acids is 1. The summed E-state index contributed by atoms with van der Waals surface area (Å²) in [7, 11) is 0. The standard InChI is InChI=1S/C24H17F7N8O/c1-33-19-17(9-34-10-23(26,27)28)39-20(21(32)35-11-36-39)18(19)12-2-5-14(6-3-12)37-22(40)38-16-8-13(24(29,30)31)4-7-15(16)25/h2-8,11,34H,9-10H2,(H2,32,35,36)(H2,37,38,40). The number of carbonyl (C=O) groups is 1. The zero-order valence-corrected chi connectivity index (χ0v) is 20.0. The predicted octanol–water partition coefficient (Wildman–Crippen LogP) is 5.98. The Balaban J connectivity index is 1.60. The van der Waals surface area contributed by atoms with Crippen LogP contribution in [0.4, 0.5) is 58.4 Å². The van der Waals surface area contributed by atoms with Crippen molar-refractivity contribution >= 4 is 34.4 Å². The van der Waals surface area contributed by atoms with Crippen molar-refractivity contribution in [1.82, 2.24) is 19.9 Å². The fourth-order valence-electron chi connectivity index (χ4n) is 3.84. The van der Waals surface area contributed by atoms with Crippen LogP contribution in [0, 0.1) is 12.4 Å². The van der Waals surface area contributed by atoms with Gasteiger partial charge in [0.25, 0.3) is 0 Å². The maximum absolute atomic E-state index is 14.0. The van der Waals surface area contributed by atoms with Crippen LogP contribution in [0.15, 0.2) is 48.8 Å². The first-order valence-electron chi connectivity index (χ1n) is 11.1. The van der Waals surface area contributed by atoms with Crippen molar-refractivity contribution in [2.75, 3.05) is 22.9 Å². The summed E-state index contributed by atoms with van der Waals surface area (Å²) in [5.41, 5.74) is 5.19. The van der Waals surface area contributed by atoms with Crippen molar-refractivity contribution < 1.29 is 35.5 Å². The fourth-order valence-corrected chi connectivity index (χ4v) is 3.84. The van der Waals surface area contributed by atoms with Crippen molar-refractivity contribution in [3.05, 3.63) is 77.3 Å². The Morgan fingerprint density at radius 1 is 1.05 bits per heavy atom. The van der Waals surface area contributed by atoms with E-state index in [1.54, 1.807) is 0 Å². The molecule has 208 valence electrons. The van der Waals surface area contributed by atoms with E-state index in [1.165, 1.54) is 28.8 Å². The van der Waals surface area contributed by atoms with Gasteiger partial charge >= 0.3 is 18.4 Å². The van der Waals surface area contributed by atoms with Crippen LogP contribution in [-0.4, -0.2) is 33.4 Å². The highest BCUT2D eigenvalue weighted by Crippen LogP contribution is 2.41. The number of nitrogens with one attached hydrogen (secondary N) is 3. The van der Waals surface area contributed by atoms with E-state index in [2.05, 4.69) is 25.6 Å². The zero-order chi connectivity index (χ0) is 29.2. The van der Waals surface area contributed by atoms with Crippen molar-refractivity contribution in [1.29, 1.82) is 0 Å². The third-order valence-corrected chi connectivity index (χ3v) is 5.52. The number of benzene rings is 2. The van der Waals surface area contributed by atoms with Gasteiger partial charge in [-0.25, -0.2) is 23.5 Å². The summed E-state index contributed by atoms with van der Waals surface area (Å²) >= 11 is 0. The van der Waals surface area contributed by atoms with Gasteiger partial charge in [0.15, 0.2) is 5.82 Å². The summed E-state index contributed by atoms with van der Waals surface area (Å²) in [5, 5.41) is 10.6. The van der Waals surface area contributed by atoms with E-state index in [9.17, 15) is 35.5 Å². The molecule has 0 atom stereocenters. The molecule has 2 amide bonds. The van der Waals surface area contributed by atoms with Gasteiger partial charge in [-0.05, 0) is 35.9 Å². The largest absolute Gasteiger partial charge is 0.416 e. The van der Waals surface area contributed by atoms with Crippen LogP contribution in [0.25, 0.3) is 21.5 Å². The SMILES string of the molecule is [C-]#[N+]c1c(-c2ccc(NC(=O)Nc3cc(C(F)(F)F)ccc3F)cc2)c2c(N)ncnn2c1CNCC(F)(F)F. The number of anilines is 3. The molecule has 0 saturated carbocycles. The first-order chi connectivity index (χ1) is 18.8. The maximum Gasteiger partial charge on any atom is 0.416 e. The highest BCUT2D eigenvalue weighted by Gasteiger charge is 2.31. The third kappa shape index (κ3) is 6.04. The average molecular weight is 566 g/mol. The van der Waals surface area contributed by atoms with Gasteiger partial charge in [0, 0.05) is 17.8 Å². The van der Waals surface area contributed by atoms with E-state index in [4.69, 9.17) is 12.3 Å². The Hall–Kier alpha value is -4.91. The van der Waals surface area contributed by atoms with Crippen molar-refractivity contribution in [2.45, 2.75) is 18.9 Å². The van der Waals surface area contributed by atoms with Crippen LogP contribution >= 0.6 is 0 Å². The first-order valence-corrected chi connectivity index (χ1v) is 11.1. The molecular formula is C24H17F7N8O. The molecule has 2 aromatic heterocycles. The quantitative estimate of drug-likeness (QED) is 0.169. The van der Waals surface area contributed by atoms with Crippen molar-refractivity contribution in [3.8, 4) is 11.1 Å². The average Bonchev–Trinajstić information content (AvgIpc) is 3.19. The summed E-state index contributed by atoms with van der Waals surface area (Å²) in [5.74, 6) is -1.12. The van der Waals surface area contributed by atoms with Crippen LogP contribution in [0.1, 0.15) is 11.3 Å². The van der Waals surface area contributed by atoms with E-state index >= 15 is 0 Å². The molecule has 0 saturated heterocycles. The molecule has 0 aliphatic rings. The Morgan fingerprint density at radius 2 is 1.75 bits per heavy atom. The number of fused-ring (bicyclic) bond motifs is 1. The molecule has 0 aliphatic carbocycles. The lowest BCUT2D eigenvalue weighted by Crippen LogP contribution is -2.28. The minimum Gasteiger partial charge on any atom is -0.382 e. The Morgan fingerprint density at radius 3 is 2.38 bits per heavy atom. The monoisotopic (exact) mass is 566 g/mol. The summed E-state index contributed by atoms with van der Waals surface area (Å²) in [4.78, 5) is 19.7. The summed E-state index contributed by atoms with van der Waals surface area (Å²) in [6.07, 6.45) is -8.14. The minimum absolute atomic E-state index is 0.0275. The minimum atomic E-state index is -4.74. The lowest BCUT2D eigenvalue weighted by atomic mass is 10.0. The summed E-state index contributed by atoms with van der Waals surface area (Å²) in [6, 6.07) is 6.23. The molecule has 0 radical (unpaired) electrons. The van der Waals surface area contributed by atoms with Gasteiger partial charge in [0.05, 0.1) is 30.1 Å². The van der Waals surface area contributed by atoms with Crippen LogP contribution in [-0.2, 0) is 12.7 Å². The van der Waals surface area contributed by atoms with Gasteiger partial charge in [0.2, 0.25) is 5.69 Å². The molecule has 0 bridgehead atoms.